The van der Waals surface area contributed by atoms with Gasteiger partial charge in [0.2, 0.25) is 10.0 Å². The van der Waals surface area contributed by atoms with E-state index in [0.717, 1.165) is 10.0 Å². The highest BCUT2D eigenvalue weighted by Crippen LogP contribution is 2.27. The van der Waals surface area contributed by atoms with E-state index >= 15 is 0 Å². The predicted molar refractivity (Wildman–Crippen MR) is 112 cm³/mol. The second-order valence-corrected chi connectivity index (χ2v) is 9.74. The zero-order chi connectivity index (χ0) is 21.2. The van der Waals surface area contributed by atoms with Crippen LogP contribution in [0.4, 0.5) is 0 Å². The zero-order valence-corrected chi connectivity index (χ0v) is 18.6. The van der Waals surface area contributed by atoms with Crippen LogP contribution in [0.15, 0.2) is 51.8 Å². The average Bonchev–Trinajstić information content (AvgIpc) is 2.71. The Morgan fingerprint density at radius 1 is 1.10 bits per heavy atom. The van der Waals surface area contributed by atoms with Crippen LogP contribution in [-0.4, -0.2) is 60.9 Å². The Balaban J connectivity index is 1.62. The lowest BCUT2D eigenvalue weighted by Crippen LogP contribution is -2.53. The molecule has 0 aliphatic carbocycles. The molecule has 9 heteroatoms. The Bertz CT molecular complexity index is 986. The van der Waals surface area contributed by atoms with E-state index in [9.17, 15) is 18.3 Å². The maximum Gasteiger partial charge on any atom is 0.263 e. The minimum Gasteiger partial charge on any atom is -0.507 e. The standard InChI is InChI=1S/C20H23BrN2O5S/c1-14-3-8-18(24)19(13-14)29(26,27)23-11-9-22(10-12-23)20(25)15(2)28-17-6-4-16(21)5-7-17/h3-8,13,15,24H,9-12H2,1-2H3. The maximum absolute atomic E-state index is 12.9. The first-order valence-corrected chi connectivity index (χ1v) is 11.4. The third-order valence-electron chi connectivity index (χ3n) is 4.76. The van der Waals surface area contributed by atoms with Crippen molar-refractivity contribution in [1.29, 1.82) is 0 Å². The molecule has 7 nitrogen and oxygen atoms in total. The molecule has 0 bridgehead atoms. The van der Waals surface area contributed by atoms with Crippen molar-refractivity contribution in [3.63, 3.8) is 0 Å². The van der Waals surface area contributed by atoms with E-state index in [0.29, 0.717) is 5.75 Å². The number of ether oxygens (including phenoxy) is 1. The monoisotopic (exact) mass is 482 g/mol. The number of amides is 1. The molecule has 1 amide bonds. The fraction of sp³-hybridized carbons (Fsp3) is 0.350. The number of piperazine rings is 1. The third-order valence-corrected chi connectivity index (χ3v) is 7.21. The number of phenolic OH excluding ortho intramolecular Hbond substituents is 1. The van der Waals surface area contributed by atoms with Crippen LogP contribution in [-0.2, 0) is 14.8 Å². The molecule has 1 saturated heterocycles. The first-order valence-electron chi connectivity index (χ1n) is 9.19. The molecule has 156 valence electrons. The Morgan fingerprint density at radius 3 is 2.34 bits per heavy atom. The number of nitrogens with zero attached hydrogens (tertiary/aromatic N) is 2. The molecular weight excluding hydrogens is 460 g/mol. The van der Waals surface area contributed by atoms with Crippen molar-refractivity contribution in [2.75, 3.05) is 26.2 Å². The van der Waals surface area contributed by atoms with Crippen LogP contribution in [0.25, 0.3) is 0 Å². The molecule has 1 aliphatic heterocycles. The van der Waals surface area contributed by atoms with Crippen molar-refractivity contribution in [3.8, 4) is 11.5 Å². The molecule has 1 N–H and O–H groups in total. The fourth-order valence-electron chi connectivity index (χ4n) is 3.14. The fourth-order valence-corrected chi connectivity index (χ4v) is 4.99. The highest BCUT2D eigenvalue weighted by Gasteiger charge is 2.33. The summed E-state index contributed by atoms with van der Waals surface area (Å²) < 4.78 is 33.7. The summed E-state index contributed by atoms with van der Waals surface area (Å²) in [5.41, 5.74) is 0.745. The van der Waals surface area contributed by atoms with Gasteiger partial charge in [0.05, 0.1) is 0 Å². The summed E-state index contributed by atoms with van der Waals surface area (Å²) in [5, 5.41) is 9.98. The number of rotatable bonds is 5. The Kier molecular flexibility index (Phi) is 6.50. The number of carbonyl (C=O) groups excluding carboxylic acids is 1. The molecule has 0 spiro atoms. The van der Waals surface area contributed by atoms with E-state index in [1.165, 1.54) is 16.4 Å². The Labute approximate surface area is 179 Å². The number of aromatic hydroxyl groups is 1. The highest BCUT2D eigenvalue weighted by atomic mass is 79.9. The molecule has 1 unspecified atom stereocenters. The molecule has 1 fully saturated rings. The predicted octanol–water partition coefficient (Wildman–Crippen LogP) is 2.76. The van der Waals surface area contributed by atoms with Gasteiger partial charge in [0.15, 0.2) is 6.10 Å². The number of benzene rings is 2. The summed E-state index contributed by atoms with van der Waals surface area (Å²) >= 11 is 3.35. The highest BCUT2D eigenvalue weighted by molar-refractivity contribution is 9.10. The van der Waals surface area contributed by atoms with Crippen LogP contribution in [0, 0.1) is 6.92 Å². The lowest BCUT2D eigenvalue weighted by atomic mass is 10.2. The summed E-state index contributed by atoms with van der Waals surface area (Å²) in [7, 11) is -3.83. The van der Waals surface area contributed by atoms with Gasteiger partial charge in [-0.05, 0) is 55.8 Å². The van der Waals surface area contributed by atoms with Gasteiger partial charge in [-0.2, -0.15) is 4.31 Å². The van der Waals surface area contributed by atoms with E-state index in [-0.39, 0.29) is 42.7 Å². The second kappa shape index (κ2) is 8.73. The molecule has 1 heterocycles. The summed E-state index contributed by atoms with van der Waals surface area (Å²) in [5.74, 6) is 0.124. The normalized spacial score (nSPS) is 16.4. The van der Waals surface area contributed by atoms with Gasteiger partial charge in [0, 0.05) is 30.7 Å². The smallest absolute Gasteiger partial charge is 0.263 e. The van der Waals surface area contributed by atoms with Crippen LogP contribution in [0.3, 0.4) is 0 Å². The van der Waals surface area contributed by atoms with Gasteiger partial charge in [-0.1, -0.05) is 22.0 Å². The molecule has 0 saturated carbocycles. The number of carbonyl (C=O) groups is 1. The van der Waals surface area contributed by atoms with E-state index in [4.69, 9.17) is 4.74 Å². The largest absolute Gasteiger partial charge is 0.507 e. The van der Waals surface area contributed by atoms with E-state index in [2.05, 4.69) is 15.9 Å². The van der Waals surface area contributed by atoms with Gasteiger partial charge in [0.1, 0.15) is 16.4 Å². The van der Waals surface area contributed by atoms with Crippen molar-refractivity contribution >= 4 is 31.9 Å². The summed E-state index contributed by atoms with van der Waals surface area (Å²) in [6.45, 7) is 4.29. The van der Waals surface area contributed by atoms with Gasteiger partial charge in [-0.25, -0.2) is 8.42 Å². The van der Waals surface area contributed by atoms with Gasteiger partial charge in [-0.15, -0.1) is 0 Å². The van der Waals surface area contributed by atoms with Crippen LogP contribution in [0.2, 0.25) is 0 Å². The van der Waals surface area contributed by atoms with Crippen molar-refractivity contribution < 1.29 is 23.1 Å². The Hall–Kier alpha value is -2.10. The van der Waals surface area contributed by atoms with E-state index in [1.807, 2.05) is 12.1 Å². The van der Waals surface area contributed by atoms with Crippen molar-refractivity contribution in [2.45, 2.75) is 24.8 Å². The molecular formula is C20H23BrN2O5S. The average molecular weight is 483 g/mol. The number of phenols is 1. The lowest BCUT2D eigenvalue weighted by Gasteiger charge is -2.35. The minimum atomic E-state index is -3.83. The molecule has 1 atom stereocenters. The third kappa shape index (κ3) is 4.91. The molecule has 1 aliphatic rings. The van der Waals surface area contributed by atoms with Gasteiger partial charge in [-0.3, -0.25) is 4.79 Å². The molecule has 2 aromatic carbocycles. The lowest BCUT2D eigenvalue weighted by molar-refractivity contribution is -0.139. The summed E-state index contributed by atoms with van der Waals surface area (Å²) in [6.07, 6.45) is -0.680. The minimum absolute atomic E-state index is 0.107. The Morgan fingerprint density at radius 2 is 1.72 bits per heavy atom. The first kappa shape index (κ1) is 21.6. The number of aryl methyl sites for hydroxylation is 1. The second-order valence-electron chi connectivity index (χ2n) is 6.91. The molecule has 3 rings (SSSR count). The summed E-state index contributed by atoms with van der Waals surface area (Å²) in [4.78, 5) is 14.2. The maximum atomic E-state index is 12.9. The molecule has 29 heavy (non-hydrogen) atoms. The van der Waals surface area contributed by atoms with Gasteiger partial charge >= 0.3 is 0 Å². The van der Waals surface area contributed by atoms with Crippen molar-refractivity contribution in [2.24, 2.45) is 0 Å². The first-order chi connectivity index (χ1) is 13.7. The summed E-state index contributed by atoms with van der Waals surface area (Å²) in [6, 6.07) is 11.7. The molecule has 0 radical (unpaired) electrons. The van der Waals surface area contributed by atoms with Crippen LogP contribution in [0.5, 0.6) is 11.5 Å². The van der Waals surface area contributed by atoms with E-state index < -0.39 is 16.1 Å². The van der Waals surface area contributed by atoms with Crippen molar-refractivity contribution in [3.05, 3.63) is 52.5 Å². The number of sulfonamides is 1. The number of hydrogen-bond donors (Lipinski definition) is 1. The quantitative estimate of drug-likeness (QED) is 0.707. The van der Waals surface area contributed by atoms with Crippen LogP contribution in [0.1, 0.15) is 12.5 Å². The molecule has 2 aromatic rings. The van der Waals surface area contributed by atoms with Gasteiger partial charge in [0.25, 0.3) is 5.91 Å². The topological polar surface area (TPSA) is 87.2 Å². The number of hydrogen-bond acceptors (Lipinski definition) is 5. The van der Waals surface area contributed by atoms with Crippen LogP contribution >= 0.6 is 15.9 Å². The number of halogens is 1. The van der Waals surface area contributed by atoms with Crippen LogP contribution < -0.4 is 4.74 Å². The van der Waals surface area contributed by atoms with E-state index in [1.54, 1.807) is 36.9 Å². The SMILES string of the molecule is Cc1ccc(O)c(S(=O)(=O)N2CCN(C(=O)C(C)Oc3ccc(Br)cc3)CC2)c1. The van der Waals surface area contributed by atoms with Crippen molar-refractivity contribution in [1.82, 2.24) is 9.21 Å². The van der Waals surface area contributed by atoms with Gasteiger partial charge < -0.3 is 14.7 Å². The molecule has 0 aromatic heterocycles. The zero-order valence-electron chi connectivity index (χ0n) is 16.2.